The normalized spacial score (nSPS) is 26.6. The molecule has 1 unspecified atom stereocenters. The number of carbonyl (C=O) groups excluding carboxylic acids is 1. The van der Waals surface area contributed by atoms with Crippen molar-refractivity contribution in [3.8, 4) is 0 Å². The maximum Gasteiger partial charge on any atom is 0.255 e. The first kappa shape index (κ1) is 17.0. The summed E-state index contributed by atoms with van der Waals surface area (Å²) in [5.41, 5.74) is 1.44. The van der Waals surface area contributed by atoms with Gasteiger partial charge in [-0.1, -0.05) is 0 Å². The number of hydrogen-bond acceptors (Lipinski definition) is 5. The van der Waals surface area contributed by atoms with E-state index in [-0.39, 0.29) is 30.7 Å². The third kappa shape index (κ3) is 2.97. The van der Waals surface area contributed by atoms with Crippen molar-refractivity contribution in [3.63, 3.8) is 0 Å². The fourth-order valence-electron chi connectivity index (χ4n) is 3.97. The molecule has 0 aromatic carbocycles. The molecule has 1 aromatic rings. The van der Waals surface area contributed by atoms with Gasteiger partial charge in [0.2, 0.25) is 0 Å². The summed E-state index contributed by atoms with van der Waals surface area (Å²) in [6, 6.07) is 1.79. The lowest BCUT2D eigenvalue weighted by Crippen LogP contribution is -2.68. The second-order valence-electron chi connectivity index (χ2n) is 7.76. The highest BCUT2D eigenvalue weighted by Gasteiger charge is 2.62. The molecule has 0 bridgehead atoms. The van der Waals surface area contributed by atoms with Crippen LogP contribution in [0, 0.1) is 18.8 Å². The topological polar surface area (TPSA) is 76.6 Å². The summed E-state index contributed by atoms with van der Waals surface area (Å²) >= 11 is 0. The van der Waals surface area contributed by atoms with Crippen molar-refractivity contribution < 1.29 is 17.9 Å². The van der Waals surface area contributed by atoms with Crippen molar-refractivity contribution in [2.24, 2.45) is 11.8 Å². The third-order valence-corrected chi connectivity index (χ3v) is 8.40. The van der Waals surface area contributed by atoms with Crippen LogP contribution in [0.2, 0.25) is 0 Å². The molecule has 6 nitrogen and oxygen atoms in total. The summed E-state index contributed by atoms with van der Waals surface area (Å²) in [6.07, 6.45) is 6.33. The van der Waals surface area contributed by atoms with Gasteiger partial charge in [0.1, 0.15) is 4.75 Å². The lowest BCUT2D eigenvalue weighted by molar-refractivity contribution is 0.0228. The number of ether oxygens (including phenoxy) is 1. The summed E-state index contributed by atoms with van der Waals surface area (Å²) in [6.45, 7) is 3.67. The van der Waals surface area contributed by atoms with E-state index in [0.717, 1.165) is 12.2 Å². The average molecular weight is 364 g/mol. The fraction of sp³-hybridized carbons (Fsp3) is 0.667. The summed E-state index contributed by atoms with van der Waals surface area (Å²) < 4.78 is 30.3. The molecular weight excluding hydrogens is 340 g/mol. The van der Waals surface area contributed by atoms with Crippen molar-refractivity contribution in [1.29, 1.82) is 0 Å². The molecule has 25 heavy (non-hydrogen) atoms. The number of nitrogens with zero attached hydrogens (tertiary/aromatic N) is 2. The van der Waals surface area contributed by atoms with Crippen molar-refractivity contribution >= 4 is 15.7 Å². The van der Waals surface area contributed by atoms with Crippen molar-refractivity contribution in [3.05, 3.63) is 29.6 Å². The summed E-state index contributed by atoms with van der Waals surface area (Å²) in [5.74, 6) is 0.734. The Kier molecular flexibility index (Phi) is 4.11. The third-order valence-electron chi connectivity index (χ3n) is 5.79. The van der Waals surface area contributed by atoms with Crippen molar-refractivity contribution in [2.45, 2.75) is 30.9 Å². The number of rotatable bonds is 5. The molecule has 3 fully saturated rings. The number of carbonyl (C=O) groups is 1. The molecule has 0 radical (unpaired) electrons. The second kappa shape index (κ2) is 6.06. The SMILES string of the molecule is Cc1cncc(C(=O)N2CC3(C2)C(COCC2CC2)CCS3(=O)=O)c1. The number of sulfone groups is 1. The minimum absolute atomic E-state index is 0.00376. The van der Waals surface area contributed by atoms with Gasteiger partial charge in [0.15, 0.2) is 9.84 Å². The summed E-state index contributed by atoms with van der Waals surface area (Å²) in [4.78, 5) is 18.3. The van der Waals surface area contributed by atoms with E-state index in [2.05, 4.69) is 4.98 Å². The van der Waals surface area contributed by atoms with E-state index >= 15 is 0 Å². The molecule has 1 saturated carbocycles. The average Bonchev–Trinajstić information content (AvgIpc) is 3.30. The van der Waals surface area contributed by atoms with E-state index in [0.29, 0.717) is 24.5 Å². The molecule has 0 N–H and O–H groups in total. The highest BCUT2D eigenvalue weighted by Crippen LogP contribution is 2.45. The van der Waals surface area contributed by atoms with E-state index in [4.69, 9.17) is 4.74 Å². The quantitative estimate of drug-likeness (QED) is 0.790. The predicted molar refractivity (Wildman–Crippen MR) is 93.0 cm³/mol. The molecule has 2 saturated heterocycles. The van der Waals surface area contributed by atoms with Crippen LogP contribution in [0.15, 0.2) is 18.5 Å². The largest absolute Gasteiger partial charge is 0.381 e. The first-order valence-electron chi connectivity index (χ1n) is 8.92. The molecule has 1 atom stereocenters. The van der Waals surface area contributed by atoms with Gasteiger partial charge in [-0.05, 0) is 43.7 Å². The number of aromatic nitrogens is 1. The number of pyridine rings is 1. The monoisotopic (exact) mass is 364 g/mol. The summed E-state index contributed by atoms with van der Waals surface area (Å²) in [7, 11) is -3.18. The minimum Gasteiger partial charge on any atom is -0.381 e. The first-order valence-corrected chi connectivity index (χ1v) is 10.6. The molecule has 136 valence electrons. The van der Waals surface area contributed by atoms with Crippen LogP contribution in [0.1, 0.15) is 35.2 Å². The Morgan fingerprint density at radius 3 is 2.72 bits per heavy atom. The molecule has 1 spiro atoms. The van der Waals surface area contributed by atoms with Gasteiger partial charge in [-0.15, -0.1) is 0 Å². The minimum atomic E-state index is -3.18. The molecule has 3 heterocycles. The van der Waals surface area contributed by atoms with Gasteiger partial charge >= 0.3 is 0 Å². The van der Waals surface area contributed by atoms with Crippen LogP contribution in [0.5, 0.6) is 0 Å². The van der Waals surface area contributed by atoms with E-state index < -0.39 is 14.6 Å². The zero-order valence-corrected chi connectivity index (χ0v) is 15.3. The van der Waals surface area contributed by atoms with Gasteiger partial charge in [-0.2, -0.15) is 0 Å². The van der Waals surface area contributed by atoms with Crippen molar-refractivity contribution in [2.75, 3.05) is 32.1 Å². The van der Waals surface area contributed by atoms with Crippen LogP contribution in [-0.2, 0) is 14.6 Å². The first-order chi connectivity index (χ1) is 11.9. The number of hydrogen-bond donors (Lipinski definition) is 0. The Morgan fingerprint density at radius 1 is 1.28 bits per heavy atom. The van der Waals surface area contributed by atoms with Gasteiger partial charge in [-0.3, -0.25) is 9.78 Å². The van der Waals surface area contributed by atoms with Gasteiger partial charge < -0.3 is 9.64 Å². The van der Waals surface area contributed by atoms with Gasteiger partial charge in [0, 0.05) is 38.0 Å². The maximum atomic E-state index is 12.6. The Labute approximate surface area is 148 Å². The van der Waals surface area contributed by atoms with Crippen LogP contribution in [0.25, 0.3) is 0 Å². The summed E-state index contributed by atoms with van der Waals surface area (Å²) in [5, 5.41) is 0. The van der Waals surface area contributed by atoms with E-state index in [1.54, 1.807) is 23.4 Å². The highest BCUT2D eigenvalue weighted by atomic mass is 32.2. The van der Waals surface area contributed by atoms with Crippen LogP contribution in [0.3, 0.4) is 0 Å². The Hall–Kier alpha value is -1.47. The number of aryl methyl sites for hydroxylation is 1. The number of likely N-dealkylation sites (tertiary alicyclic amines) is 1. The van der Waals surface area contributed by atoms with Crippen LogP contribution >= 0.6 is 0 Å². The van der Waals surface area contributed by atoms with Crippen LogP contribution in [-0.4, -0.2) is 61.0 Å². The zero-order valence-electron chi connectivity index (χ0n) is 14.5. The van der Waals surface area contributed by atoms with Gasteiger partial charge in [0.25, 0.3) is 5.91 Å². The van der Waals surface area contributed by atoms with E-state index in [1.807, 2.05) is 6.92 Å². The Morgan fingerprint density at radius 2 is 2.04 bits per heavy atom. The van der Waals surface area contributed by atoms with Gasteiger partial charge in [-0.25, -0.2) is 8.42 Å². The fourth-order valence-corrected chi connectivity index (χ4v) is 6.37. The molecule has 1 aromatic heterocycles. The smallest absolute Gasteiger partial charge is 0.255 e. The standard InChI is InChI=1S/C18H24N2O4S/c1-13-6-15(8-19-7-13)17(21)20-11-18(12-20)16(4-5-25(18,22)23)10-24-9-14-2-3-14/h6-8,14,16H,2-5,9-12H2,1H3. The molecule has 2 aliphatic heterocycles. The van der Waals surface area contributed by atoms with Crippen LogP contribution < -0.4 is 0 Å². The molecule has 1 amide bonds. The molecule has 4 rings (SSSR count). The second-order valence-corrected chi connectivity index (χ2v) is 10.2. The van der Waals surface area contributed by atoms with Crippen molar-refractivity contribution in [1.82, 2.24) is 9.88 Å². The molecule has 7 heteroatoms. The Balaban J connectivity index is 1.44. The molecule has 1 aliphatic carbocycles. The highest BCUT2D eigenvalue weighted by molar-refractivity contribution is 7.93. The molecule has 3 aliphatic rings. The van der Waals surface area contributed by atoms with E-state index in [9.17, 15) is 13.2 Å². The van der Waals surface area contributed by atoms with Gasteiger partial charge in [0.05, 0.1) is 17.9 Å². The zero-order chi connectivity index (χ0) is 17.7. The lowest BCUT2D eigenvalue weighted by atomic mass is 9.83. The molecular formula is C18H24N2O4S. The lowest BCUT2D eigenvalue weighted by Gasteiger charge is -2.49. The van der Waals surface area contributed by atoms with Crippen LogP contribution in [0.4, 0.5) is 0 Å². The van der Waals surface area contributed by atoms with E-state index in [1.165, 1.54) is 12.8 Å². The predicted octanol–water partition coefficient (Wildman–Crippen LogP) is 1.45. The number of amides is 1. The Bertz CT molecular complexity index is 782. The maximum absolute atomic E-state index is 12.6.